The standard InChI is InChI=1S/C17H17ClO2/c1-2-19-12-13-20-17-10-9-14-6-3-4-7-15(14)16(17)8-5-11-18/h3-4,6-7,9-10H,2,11-13H2,1H3. The molecule has 0 fully saturated rings. The summed E-state index contributed by atoms with van der Waals surface area (Å²) in [5.41, 5.74) is 0.889. The summed E-state index contributed by atoms with van der Waals surface area (Å²) >= 11 is 5.67. The van der Waals surface area contributed by atoms with E-state index in [9.17, 15) is 0 Å². The summed E-state index contributed by atoms with van der Waals surface area (Å²) in [6, 6.07) is 12.1. The molecule has 2 aromatic rings. The summed E-state index contributed by atoms with van der Waals surface area (Å²) < 4.78 is 11.1. The van der Waals surface area contributed by atoms with Gasteiger partial charge in [-0.1, -0.05) is 42.2 Å². The molecule has 0 aliphatic carbocycles. The molecule has 0 bridgehead atoms. The first-order valence-electron chi connectivity index (χ1n) is 6.64. The fourth-order valence-corrected chi connectivity index (χ4v) is 2.04. The van der Waals surface area contributed by atoms with Crippen molar-refractivity contribution in [1.82, 2.24) is 0 Å². The average molecular weight is 289 g/mol. The van der Waals surface area contributed by atoms with E-state index in [0.717, 1.165) is 22.1 Å². The van der Waals surface area contributed by atoms with Gasteiger partial charge < -0.3 is 9.47 Å². The SMILES string of the molecule is CCOCCOc1ccc2ccccc2c1C#CCCl. The Morgan fingerprint density at radius 1 is 1.10 bits per heavy atom. The minimum atomic E-state index is 0.307. The maximum atomic E-state index is 5.77. The number of fused-ring (bicyclic) bond motifs is 1. The van der Waals surface area contributed by atoms with E-state index >= 15 is 0 Å². The number of benzene rings is 2. The van der Waals surface area contributed by atoms with Gasteiger partial charge in [0.25, 0.3) is 0 Å². The number of hydrogen-bond acceptors (Lipinski definition) is 2. The zero-order valence-electron chi connectivity index (χ0n) is 11.5. The molecular weight excluding hydrogens is 272 g/mol. The Kier molecular flexibility index (Phi) is 5.73. The zero-order valence-corrected chi connectivity index (χ0v) is 12.2. The van der Waals surface area contributed by atoms with Crippen molar-refractivity contribution in [1.29, 1.82) is 0 Å². The number of ether oxygens (including phenoxy) is 2. The second-order valence-corrected chi connectivity index (χ2v) is 4.41. The van der Waals surface area contributed by atoms with Crippen molar-refractivity contribution in [2.24, 2.45) is 0 Å². The summed E-state index contributed by atoms with van der Waals surface area (Å²) in [6.07, 6.45) is 0. The van der Waals surface area contributed by atoms with Crippen LogP contribution in [0.4, 0.5) is 0 Å². The summed E-state index contributed by atoms with van der Waals surface area (Å²) in [4.78, 5) is 0. The van der Waals surface area contributed by atoms with Crippen molar-refractivity contribution < 1.29 is 9.47 Å². The second kappa shape index (κ2) is 7.79. The van der Waals surface area contributed by atoms with Crippen molar-refractivity contribution in [3.63, 3.8) is 0 Å². The van der Waals surface area contributed by atoms with Crippen LogP contribution in [0.15, 0.2) is 36.4 Å². The number of hydrogen-bond donors (Lipinski definition) is 0. The molecule has 2 aromatic carbocycles. The first-order chi connectivity index (χ1) is 9.86. The third kappa shape index (κ3) is 3.66. The Morgan fingerprint density at radius 3 is 2.75 bits per heavy atom. The fraction of sp³-hybridized carbons (Fsp3) is 0.294. The lowest BCUT2D eigenvalue weighted by Crippen LogP contribution is -2.07. The van der Waals surface area contributed by atoms with Gasteiger partial charge in [0.2, 0.25) is 0 Å². The smallest absolute Gasteiger partial charge is 0.135 e. The van der Waals surface area contributed by atoms with Gasteiger partial charge in [-0.25, -0.2) is 0 Å². The van der Waals surface area contributed by atoms with E-state index in [-0.39, 0.29) is 0 Å². The molecular formula is C17H17ClO2. The van der Waals surface area contributed by atoms with E-state index in [0.29, 0.717) is 25.7 Å². The molecule has 0 aliphatic heterocycles. The van der Waals surface area contributed by atoms with E-state index < -0.39 is 0 Å². The third-order valence-corrected chi connectivity index (χ3v) is 2.99. The molecule has 0 heterocycles. The summed E-state index contributed by atoms with van der Waals surface area (Å²) in [7, 11) is 0. The van der Waals surface area contributed by atoms with Crippen molar-refractivity contribution >= 4 is 22.4 Å². The lowest BCUT2D eigenvalue weighted by atomic mass is 10.0. The quantitative estimate of drug-likeness (QED) is 0.473. The van der Waals surface area contributed by atoms with Crippen LogP contribution in [0.1, 0.15) is 12.5 Å². The summed E-state index contributed by atoms with van der Waals surface area (Å²) in [6.45, 7) is 3.75. The van der Waals surface area contributed by atoms with E-state index in [1.54, 1.807) is 0 Å². The molecule has 0 spiro atoms. The molecule has 104 valence electrons. The molecule has 0 N–H and O–H groups in total. The van der Waals surface area contributed by atoms with Gasteiger partial charge in [-0.05, 0) is 18.4 Å². The Morgan fingerprint density at radius 2 is 1.95 bits per heavy atom. The van der Waals surface area contributed by atoms with Crippen LogP contribution < -0.4 is 4.74 Å². The lowest BCUT2D eigenvalue weighted by Gasteiger charge is -2.10. The Hall–Kier alpha value is -1.69. The molecule has 0 saturated heterocycles. The van der Waals surface area contributed by atoms with Crippen LogP contribution in [0, 0.1) is 11.8 Å². The summed E-state index contributed by atoms with van der Waals surface area (Å²) in [5.74, 6) is 7.09. The highest BCUT2D eigenvalue weighted by Gasteiger charge is 2.06. The van der Waals surface area contributed by atoms with Crippen LogP contribution in [0.5, 0.6) is 5.75 Å². The topological polar surface area (TPSA) is 18.5 Å². The molecule has 0 aromatic heterocycles. The molecule has 2 rings (SSSR count). The van der Waals surface area contributed by atoms with Crippen LogP contribution in [0.25, 0.3) is 10.8 Å². The molecule has 0 atom stereocenters. The molecule has 20 heavy (non-hydrogen) atoms. The predicted molar refractivity (Wildman–Crippen MR) is 83.5 cm³/mol. The largest absolute Gasteiger partial charge is 0.490 e. The van der Waals surface area contributed by atoms with Gasteiger partial charge in [-0.2, -0.15) is 0 Å². The highest BCUT2D eigenvalue weighted by atomic mass is 35.5. The molecule has 0 aliphatic rings. The first kappa shape index (κ1) is 14.7. The molecule has 0 radical (unpaired) electrons. The molecule has 0 saturated carbocycles. The maximum Gasteiger partial charge on any atom is 0.135 e. The third-order valence-electron chi connectivity index (χ3n) is 2.86. The van der Waals surface area contributed by atoms with Crippen molar-refractivity contribution in [2.75, 3.05) is 25.7 Å². The minimum absolute atomic E-state index is 0.307. The van der Waals surface area contributed by atoms with Crippen molar-refractivity contribution in [2.45, 2.75) is 6.92 Å². The van der Waals surface area contributed by atoms with Gasteiger partial charge in [0.1, 0.15) is 12.4 Å². The monoisotopic (exact) mass is 288 g/mol. The molecule has 2 nitrogen and oxygen atoms in total. The minimum Gasteiger partial charge on any atom is -0.490 e. The van der Waals surface area contributed by atoms with Crippen LogP contribution >= 0.6 is 11.6 Å². The Labute approximate surface area is 124 Å². The summed E-state index contributed by atoms with van der Waals surface area (Å²) in [5, 5.41) is 2.22. The van der Waals surface area contributed by atoms with Gasteiger partial charge in [-0.3, -0.25) is 0 Å². The van der Waals surface area contributed by atoms with E-state index in [4.69, 9.17) is 21.1 Å². The number of alkyl halides is 1. The Bertz CT molecular complexity index is 626. The number of halogens is 1. The Balaban J connectivity index is 2.32. The van der Waals surface area contributed by atoms with Crippen LogP contribution in [0.3, 0.4) is 0 Å². The molecule has 0 unspecified atom stereocenters. The van der Waals surface area contributed by atoms with Crippen LogP contribution in [-0.2, 0) is 4.74 Å². The number of rotatable bonds is 5. The van der Waals surface area contributed by atoms with Gasteiger partial charge in [0.15, 0.2) is 0 Å². The molecule has 3 heteroatoms. The van der Waals surface area contributed by atoms with E-state index in [2.05, 4.69) is 17.9 Å². The lowest BCUT2D eigenvalue weighted by molar-refractivity contribution is 0.110. The van der Waals surface area contributed by atoms with Gasteiger partial charge >= 0.3 is 0 Å². The van der Waals surface area contributed by atoms with Gasteiger partial charge in [-0.15, -0.1) is 11.6 Å². The first-order valence-corrected chi connectivity index (χ1v) is 7.17. The molecule has 0 amide bonds. The van der Waals surface area contributed by atoms with Crippen molar-refractivity contribution in [3.05, 3.63) is 42.0 Å². The second-order valence-electron chi connectivity index (χ2n) is 4.14. The van der Waals surface area contributed by atoms with Crippen LogP contribution in [-0.4, -0.2) is 25.7 Å². The van der Waals surface area contributed by atoms with Crippen molar-refractivity contribution in [3.8, 4) is 17.6 Å². The highest BCUT2D eigenvalue weighted by molar-refractivity contribution is 6.19. The zero-order chi connectivity index (χ0) is 14.2. The average Bonchev–Trinajstić information content (AvgIpc) is 2.50. The van der Waals surface area contributed by atoms with Crippen LogP contribution in [0.2, 0.25) is 0 Å². The van der Waals surface area contributed by atoms with Gasteiger partial charge in [0, 0.05) is 12.0 Å². The maximum absolute atomic E-state index is 5.77. The highest BCUT2D eigenvalue weighted by Crippen LogP contribution is 2.27. The van der Waals surface area contributed by atoms with Gasteiger partial charge in [0.05, 0.1) is 18.1 Å². The van der Waals surface area contributed by atoms with E-state index in [1.807, 2.05) is 37.3 Å². The normalized spacial score (nSPS) is 10.1. The predicted octanol–water partition coefficient (Wildman–Crippen LogP) is 3.85. The fourth-order valence-electron chi connectivity index (χ4n) is 1.98. The van der Waals surface area contributed by atoms with E-state index in [1.165, 1.54) is 0 Å².